The lowest BCUT2D eigenvalue weighted by molar-refractivity contribution is 0.0220. The first-order valence-electron chi connectivity index (χ1n) is 8.44. The standard InChI is InChI=1S/C16H29N5OS.HI/c1-4-17-16(18-6-5-15-19-12-14(3)23-15)20-11-13(2)21-7-9-22-10-8-21;/h12-13H,4-11H2,1-3H3,(H2,17,18,20);1H. The van der Waals surface area contributed by atoms with Crippen LogP contribution in [0.2, 0.25) is 0 Å². The molecule has 0 aliphatic carbocycles. The molecule has 24 heavy (non-hydrogen) atoms. The minimum Gasteiger partial charge on any atom is -0.379 e. The van der Waals surface area contributed by atoms with Crippen LogP contribution in [-0.2, 0) is 11.2 Å². The first-order valence-corrected chi connectivity index (χ1v) is 9.26. The van der Waals surface area contributed by atoms with Crippen LogP contribution in [0, 0.1) is 6.92 Å². The van der Waals surface area contributed by atoms with Gasteiger partial charge >= 0.3 is 0 Å². The van der Waals surface area contributed by atoms with Crippen molar-refractivity contribution < 1.29 is 4.74 Å². The molecule has 0 saturated carbocycles. The van der Waals surface area contributed by atoms with Crippen LogP contribution in [0.15, 0.2) is 11.2 Å². The van der Waals surface area contributed by atoms with E-state index in [-0.39, 0.29) is 24.0 Å². The fraction of sp³-hybridized carbons (Fsp3) is 0.750. The van der Waals surface area contributed by atoms with E-state index in [9.17, 15) is 0 Å². The average Bonchev–Trinajstić information content (AvgIpc) is 2.98. The summed E-state index contributed by atoms with van der Waals surface area (Å²) in [6.07, 6.45) is 2.87. The Balaban J connectivity index is 0.00000288. The van der Waals surface area contributed by atoms with Crippen molar-refractivity contribution in [2.75, 3.05) is 45.9 Å². The van der Waals surface area contributed by atoms with Gasteiger partial charge in [-0.15, -0.1) is 35.3 Å². The number of hydrogen-bond donors (Lipinski definition) is 2. The van der Waals surface area contributed by atoms with Gasteiger partial charge in [0.25, 0.3) is 0 Å². The van der Waals surface area contributed by atoms with Crippen molar-refractivity contribution in [3.05, 3.63) is 16.1 Å². The molecule has 1 fully saturated rings. The zero-order valence-corrected chi connectivity index (χ0v) is 18.0. The van der Waals surface area contributed by atoms with Gasteiger partial charge in [-0.25, -0.2) is 4.98 Å². The number of guanidine groups is 1. The molecule has 8 heteroatoms. The van der Waals surface area contributed by atoms with Crippen LogP contribution in [0.1, 0.15) is 23.7 Å². The maximum Gasteiger partial charge on any atom is 0.191 e. The highest BCUT2D eigenvalue weighted by molar-refractivity contribution is 14.0. The van der Waals surface area contributed by atoms with Gasteiger partial charge in [0.05, 0.1) is 24.8 Å². The van der Waals surface area contributed by atoms with Crippen LogP contribution in [0.5, 0.6) is 0 Å². The van der Waals surface area contributed by atoms with Crippen molar-refractivity contribution in [1.82, 2.24) is 20.5 Å². The average molecular weight is 467 g/mol. The molecule has 1 atom stereocenters. The Hall–Kier alpha value is -0.450. The fourth-order valence-corrected chi connectivity index (χ4v) is 3.29. The SMILES string of the molecule is CCNC(=NCC(C)N1CCOCC1)NCCc1ncc(C)s1.I. The lowest BCUT2D eigenvalue weighted by Gasteiger charge is -2.31. The maximum absolute atomic E-state index is 5.40. The molecule has 0 spiro atoms. The molecule has 0 aromatic carbocycles. The van der Waals surface area contributed by atoms with Gasteiger partial charge < -0.3 is 15.4 Å². The van der Waals surface area contributed by atoms with Crippen molar-refractivity contribution in [3.63, 3.8) is 0 Å². The summed E-state index contributed by atoms with van der Waals surface area (Å²) < 4.78 is 5.40. The van der Waals surface area contributed by atoms with Gasteiger partial charge in [0.15, 0.2) is 5.96 Å². The van der Waals surface area contributed by atoms with Crippen LogP contribution in [-0.4, -0.2) is 67.8 Å². The molecule has 1 unspecified atom stereocenters. The number of aliphatic imine (C=N–C) groups is 1. The molecule has 2 heterocycles. The van der Waals surface area contributed by atoms with E-state index >= 15 is 0 Å². The third-order valence-electron chi connectivity index (χ3n) is 3.83. The van der Waals surface area contributed by atoms with Gasteiger partial charge in [-0.05, 0) is 20.8 Å². The molecule has 2 N–H and O–H groups in total. The minimum absolute atomic E-state index is 0. The van der Waals surface area contributed by atoms with Crippen molar-refractivity contribution in [3.8, 4) is 0 Å². The molecular formula is C16H30IN5OS. The third kappa shape index (κ3) is 7.62. The van der Waals surface area contributed by atoms with Crippen LogP contribution >= 0.6 is 35.3 Å². The van der Waals surface area contributed by atoms with Gasteiger partial charge in [-0.3, -0.25) is 9.89 Å². The summed E-state index contributed by atoms with van der Waals surface area (Å²) >= 11 is 1.76. The number of thiazole rings is 1. The zero-order chi connectivity index (χ0) is 16.5. The molecule has 0 amide bonds. The Labute approximate surface area is 166 Å². The summed E-state index contributed by atoms with van der Waals surface area (Å²) in [4.78, 5) is 12.8. The third-order valence-corrected chi connectivity index (χ3v) is 4.80. The van der Waals surface area contributed by atoms with Crippen molar-refractivity contribution in [2.24, 2.45) is 4.99 Å². The van der Waals surface area contributed by atoms with Crippen molar-refractivity contribution >= 4 is 41.3 Å². The monoisotopic (exact) mass is 467 g/mol. The number of aryl methyl sites for hydroxylation is 1. The van der Waals surface area contributed by atoms with E-state index in [1.165, 1.54) is 9.88 Å². The second kappa shape index (κ2) is 12.0. The van der Waals surface area contributed by atoms with Crippen LogP contribution in [0.3, 0.4) is 0 Å². The van der Waals surface area contributed by atoms with Gasteiger partial charge in [-0.1, -0.05) is 0 Å². The number of rotatable bonds is 7. The van der Waals surface area contributed by atoms with E-state index in [4.69, 9.17) is 9.73 Å². The molecule has 1 aromatic heterocycles. The summed E-state index contributed by atoms with van der Waals surface area (Å²) in [5, 5.41) is 7.88. The van der Waals surface area contributed by atoms with Crippen LogP contribution in [0.25, 0.3) is 0 Å². The molecule has 0 radical (unpaired) electrons. The molecule has 1 aliphatic rings. The quantitative estimate of drug-likeness (QED) is 0.365. The Morgan fingerprint density at radius 2 is 2.17 bits per heavy atom. The van der Waals surface area contributed by atoms with E-state index in [0.717, 1.165) is 58.3 Å². The Morgan fingerprint density at radius 3 is 2.79 bits per heavy atom. The molecule has 0 bridgehead atoms. The van der Waals surface area contributed by atoms with Gasteiger partial charge in [-0.2, -0.15) is 0 Å². The second-order valence-corrected chi connectivity index (χ2v) is 7.08. The number of morpholine rings is 1. The van der Waals surface area contributed by atoms with Gasteiger partial charge in [0.1, 0.15) is 0 Å². The normalized spacial score (nSPS) is 17.2. The topological polar surface area (TPSA) is 61.8 Å². The van der Waals surface area contributed by atoms with Crippen molar-refractivity contribution in [2.45, 2.75) is 33.2 Å². The number of ether oxygens (including phenoxy) is 1. The largest absolute Gasteiger partial charge is 0.379 e. The lowest BCUT2D eigenvalue weighted by Crippen LogP contribution is -2.44. The summed E-state index contributed by atoms with van der Waals surface area (Å²) in [7, 11) is 0. The molecular weight excluding hydrogens is 437 g/mol. The fourth-order valence-electron chi connectivity index (χ4n) is 2.50. The number of hydrogen-bond acceptors (Lipinski definition) is 5. The van der Waals surface area contributed by atoms with Crippen LogP contribution in [0.4, 0.5) is 0 Å². The van der Waals surface area contributed by atoms with Gasteiger partial charge in [0.2, 0.25) is 0 Å². The summed E-state index contributed by atoms with van der Waals surface area (Å²) in [6, 6.07) is 0.441. The zero-order valence-electron chi connectivity index (χ0n) is 14.9. The summed E-state index contributed by atoms with van der Waals surface area (Å²) in [5.74, 6) is 0.890. The molecule has 6 nitrogen and oxygen atoms in total. The molecule has 2 rings (SSSR count). The predicted octanol–water partition coefficient (Wildman–Crippen LogP) is 1.89. The molecule has 138 valence electrons. The predicted molar refractivity (Wildman–Crippen MR) is 112 cm³/mol. The smallest absolute Gasteiger partial charge is 0.191 e. The highest BCUT2D eigenvalue weighted by Gasteiger charge is 2.16. The Morgan fingerprint density at radius 1 is 1.42 bits per heavy atom. The summed E-state index contributed by atoms with van der Waals surface area (Å²) in [6.45, 7) is 12.6. The number of aromatic nitrogens is 1. The van der Waals surface area contributed by atoms with Crippen molar-refractivity contribution in [1.29, 1.82) is 0 Å². The number of nitrogens with zero attached hydrogens (tertiary/aromatic N) is 3. The molecule has 1 aliphatic heterocycles. The first-order chi connectivity index (χ1) is 11.2. The minimum atomic E-state index is 0. The molecule has 1 saturated heterocycles. The highest BCUT2D eigenvalue weighted by atomic mass is 127. The number of nitrogens with one attached hydrogen (secondary N) is 2. The van der Waals surface area contributed by atoms with E-state index in [2.05, 4.69) is 41.3 Å². The Kier molecular flexibility index (Phi) is 10.8. The first kappa shape index (κ1) is 21.6. The summed E-state index contributed by atoms with van der Waals surface area (Å²) in [5.41, 5.74) is 0. The second-order valence-electron chi connectivity index (χ2n) is 5.76. The van der Waals surface area contributed by atoms with E-state index in [1.54, 1.807) is 11.3 Å². The van der Waals surface area contributed by atoms with E-state index in [1.807, 2.05) is 6.20 Å². The number of halogens is 1. The van der Waals surface area contributed by atoms with Gasteiger partial charge in [0, 0.05) is 49.7 Å². The van der Waals surface area contributed by atoms with E-state index < -0.39 is 0 Å². The highest BCUT2D eigenvalue weighted by Crippen LogP contribution is 2.10. The lowest BCUT2D eigenvalue weighted by atomic mass is 10.2. The maximum atomic E-state index is 5.40. The van der Waals surface area contributed by atoms with E-state index in [0.29, 0.717) is 6.04 Å². The van der Waals surface area contributed by atoms with Crippen LogP contribution < -0.4 is 10.6 Å². The Bertz CT molecular complexity index is 491. The molecule has 1 aromatic rings.